The van der Waals surface area contributed by atoms with E-state index in [2.05, 4.69) is 0 Å². The van der Waals surface area contributed by atoms with Crippen molar-refractivity contribution < 1.29 is 24.2 Å². The Bertz CT molecular complexity index is 779. The summed E-state index contributed by atoms with van der Waals surface area (Å²) in [5, 5.41) is 9.91. The number of fused-ring (bicyclic) bond motifs is 3. The third kappa shape index (κ3) is 3.05. The summed E-state index contributed by atoms with van der Waals surface area (Å²) >= 11 is 0. The smallest absolute Gasteiger partial charge is 0.315 e. The summed E-state index contributed by atoms with van der Waals surface area (Å²) in [4.78, 5) is 39.9. The van der Waals surface area contributed by atoms with Gasteiger partial charge in [-0.1, -0.05) is 18.2 Å². The van der Waals surface area contributed by atoms with Crippen LogP contribution in [0.3, 0.4) is 0 Å². The number of carboxylic acid groups (broad SMARTS) is 1. The normalized spacial score (nSPS) is 26.5. The van der Waals surface area contributed by atoms with Gasteiger partial charge in [-0.25, -0.2) is 0 Å². The number of carbonyl (C=O) groups excluding carboxylic acids is 2. The van der Waals surface area contributed by atoms with Gasteiger partial charge in [-0.15, -0.1) is 0 Å². The Morgan fingerprint density at radius 2 is 2.11 bits per heavy atom. The number of para-hydroxylation sites is 1. The van der Waals surface area contributed by atoms with Crippen LogP contribution >= 0.6 is 0 Å². The molecule has 2 amide bonds. The quantitative estimate of drug-likeness (QED) is 0.846. The van der Waals surface area contributed by atoms with Crippen LogP contribution in [-0.4, -0.2) is 65.5 Å². The molecule has 1 aromatic rings. The maximum Gasteiger partial charge on any atom is 0.315 e. The Morgan fingerprint density at radius 1 is 1.30 bits per heavy atom. The minimum Gasteiger partial charge on any atom is -0.492 e. The second-order valence-electron chi connectivity index (χ2n) is 7.70. The van der Waals surface area contributed by atoms with Gasteiger partial charge in [0.15, 0.2) is 0 Å². The van der Waals surface area contributed by atoms with Crippen LogP contribution in [0.5, 0.6) is 5.75 Å². The number of amides is 2. The molecule has 0 aromatic heterocycles. The lowest BCUT2D eigenvalue weighted by atomic mass is 9.73. The molecular formula is C20H24N2O5. The first kappa shape index (κ1) is 17.8. The van der Waals surface area contributed by atoms with E-state index in [1.807, 2.05) is 24.3 Å². The Hall–Kier alpha value is -2.57. The summed E-state index contributed by atoms with van der Waals surface area (Å²) in [5.41, 5.74) is -0.223. The predicted molar refractivity (Wildman–Crippen MR) is 96.4 cm³/mol. The highest BCUT2D eigenvalue weighted by Crippen LogP contribution is 2.49. The second-order valence-corrected chi connectivity index (χ2v) is 7.70. The molecule has 3 aliphatic rings. The molecule has 0 unspecified atom stereocenters. The van der Waals surface area contributed by atoms with Crippen molar-refractivity contribution in [3.05, 3.63) is 29.8 Å². The van der Waals surface area contributed by atoms with Gasteiger partial charge in [-0.3, -0.25) is 14.4 Å². The zero-order chi connectivity index (χ0) is 19.0. The maximum absolute atomic E-state index is 12.7. The summed E-state index contributed by atoms with van der Waals surface area (Å²) in [5.74, 6) is -0.354. The molecular weight excluding hydrogens is 348 g/mol. The fourth-order valence-corrected chi connectivity index (χ4v) is 4.55. The molecule has 4 rings (SSSR count). The van der Waals surface area contributed by atoms with Crippen LogP contribution in [0.15, 0.2) is 24.3 Å². The van der Waals surface area contributed by atoms with Crippen LogP contribution in [0.2, 0.25) is 0 Å². The topological polar surface area (TPSA) is 87.2 Å². The van der Waals surface area contributed by atoms with Crippen molar-refractivity contribution in [3.8, 4) is 5.75 Å². The molecule has 2 atom stereocenters. The number of nitrogens with zero attached hydrogens (tertiary/aromatic N) is 2. The van der Waals surface area contributed by atoms with Gasteiger partial charge in [0.2, 0.25) is 11.8 Å². The molecule has 0 aliphatic carbocycles. The highest BCUT2D eigenvalue weighted by Gasteiger charge is 2.57. The number of rotatable bonds is 5. The third-order valence-corrected chi connectivity index (χ3v) is 6.09. The van der Waals surface area contributed by atoms with Gasteiger partial charge in [0.25, 0.3) is 0 Å². The van der Waals surface area contributed by atoms with Crippen molar-refractivity contribution in [1.29, 1.82) is 0 Å². The van der Waals surface area contributed by atoms with Crippen LogP contribution < -0.4 is 4.74 Å². The zero-order valence-electron chi connectivity index (χ0n) is 15.2. The number of aliphatic carboxylic acids is 1. The Morgan fingerprint density at radius 3 is 2.85 bits per heavy atom. The standard InChI is InChI=1S/C20H24N2O5/c23-17-7-3-9-21(17)10-4-8-18(24)22-11-15-14-5-1-2-6-16(14)27-13-20(15,12-22)19(25)26/h1-2,5-6,15H,3-4,7-13H2,(H,25,26)/t15-,20-/m1/s1. The summed E-state index contributed by atoms with van der Waals surface area (Å²) < 4.78 is 5.73. The van der Waals surface area contributed by atoms with E-state index in [0.29, 0.717) is 38.1 Å². The molecule has 0 spiro atoms. The molecule has 144 valence electrons. The van der Waals surface area contributed by atoms with Crippen molar-refractivity contribution in [2.45, 2.75) is 31.6 Å². The van der Waals surface area contributed by atoms with Crippen molar-refractivity contribution in [1.82, 2.24) is 9.80 Å². The second kappa shape index (κ2) is 6.87. The first-order valence-corrected chi connectivity index (χ1v) is 9.52. The van der Waals surface area contributed by atoms with Crippen molar-refractivity contribution >= 4 is 17.8 Å². The van der Waals surface area contributed by atoms with E-state index in [1.165, 1.54) is 0 Å². The molecule has 2 fully saturated rings. The van der Waals surface area contributed by atoms with Gasteiger partial charge in [0, 0.05) is 50.5 Å². The zero-order valence-corrected chi connectivity index (χ0v) is 15.2. The van der Waals surface area contributed by atoms with Gasteiger partial charge >= 0.3 is 5.97 Å². The van der Waals surface area contributed by atoms with Crippen LogP contribution in [0.1, 0.15) is 37.2 Å². The minimum absolute atomic E-state index is 0.0471. The van der Waals surface area contributed by atoms with Crippen molar-refractivity contribution in [2.75, 3.05) is 32.8 Å². The maximum atomic E-state index is 12.7. The largest absolute Gasteiger partial charge is 0.492 e. The summed E-state index contributed by atoms with van der Waals surface area (Å²) in [6.45, 7) is 2.01. The van der Waals surface area contributed by atoms with Crippen LogP contribution in [0.25, 0.3) is 0 Å². The SMILES string of the molecule is O=C1CCCN1CCCC(=O)N1C[C@@H]2c3ccccc3OC[C@]2(C(=O)O)C1. The summed E-state index contributed by atoms with van der Waals surface area (Å²) in [6.07, 6.45) is 2.43. The van der Waals surface area contributed by atoms with E-state index >= 15 is 0 Å². The van der Waals surface area contributed by atoms with Crippen molar-refractivity contribution in [3.63, 3.8) is 0 Å². The van der Waals surface area contributed by atoms with Crippen molar-refractivity contribution in [2.24, 2.45) is 5.41 Å². The molecule has 1 N–H and O–H groups in total. The lowest BCUT2D eigenvalue weighted by Crippen LogP contribution is -2.46. The lowest BCUT2D eigenvalue weighted by molar-refractivity contribution is -0.152. The van der Waals surface area contributed by atoms with Crippen LogP contribution in [-0.2, 0) is 14.4 Å². The fourth-order valence-electron chi connectivity index (χ4n) is 4.55. The Kier molecular flexibility index (Phi) is 4.53. The highest BCUT2D eigenvalue weighted by molar-refractivity contribution is 5.83. The van der Waals surface area contributed by atoms with Gasteiger partial charge in [-0.05, 0) is 18.9 Å². The molecule has 0 saturated carbocycles. The molecule has 0 bridgehead atoms. The molecule has 7 heteroatoms. The molecule has 3 heterocycles. The number of likely N-dealkylation sites (tertiary alicyclic amines) is 2. The van der Waals surface area contributed by atoms with Gasteiger partial charge < -0.3 is 19.6 Å². The third-order valence-electron chi connectivity index (χ3n) is 6.09. The highest BCUT2D eigenvalue weighted by atomic mass is 16.5. The number of carboxylic acids is 1. The number of hydrogen-bond donors (Lipinski definition) is 1. The lowest BCUT2D eigenvalue weighted by Gasteiger charge is -2.35. The molecule has 1 aromatic carbocycles. The van der Waals surface area contributed by atoms with Gasteiger partial charge in [0.1, 0.15) is 17.8 Å². The van der Waals surface area contributed by atoms with E-state index in [-0.39, 0.29) is 30.9 Å². The van der Waals surface area contributed by atoms with Gasteiger partial charge in [-0.2, -0.15) is 0 Å². The van der Waals surface area contributed by atoms with E-state index in [9.17, 15) is 19.5 Å². The molecule has 2 saturated heterocycles. The summed E-state index contributed by atoms with van der Waals surface area (Å²) in [6, 6.07) is 7.48. The predicted octanol–water partition coefficient (Wildman–Crippen LogP) is 1.48. The molecule has 3 aliphatic heterocycles. The van der Waals surface area contributed by atoms with Gasteiger partial charge in [0.05, 0.1) is 0 Å². The first-order valence-electron chi connectivity index (χ1n) is 9.52. The number of hydrogen-bond acceptors (Lipinski definition) is 4. The van der Waals surface area contributed by atoms with Crippen LogP contribution in [0.4, 0.5) is 0 Å². The molecule has 0 radical (unpaired) electrons. The first-order chi connectivity index (χ1) is 13.0. The number of carbonyl (C=O) groups is 3. The minimum atomic E-state index is -1.09. The number of benzene rings is 1. The molecule has 27 heavy (non-hydrogen) atoms. The monoisotopic (exact) mass is 372 g/mol. The summed E-state index contributed by atoms with van der Waals surface area (Å²) in [7, 11) is 0. The average Bonchev–Trinajstić information content (AvgIpc) is 3.26. The molecule has 7 nitrogen and oxygen atoms in total. The number of ether oxygens (including phenoxy) is 1. The average molecular weight is 372 g/mol. The Balaban J connectivity index is 1.44. The van der Waals surface area contributed by atoms with E-state index in [0.717, 1.165) is 18.5 Å². The Labute approximate surface area is 157 Å². The fraction of sp³-hybridized carbons (Fsp3) is 0.550. The van der Waals surface area contributed by atoms with E-state index in [4.69, 9.17) is 4.74 Å². The van der Waals surface area contributed by atoms with Crippen LogP contribution in [0, 0.1) is 5.41 Å². The van der Waals surface area contributed by atoms with E-state index in [1.54, 1.807) is 9.80 Å². The van der Waals surface area contributed by atoms with E-state index < -0.39 is 11.4 Å².